The van der Waals surface area contributed by atoms with E-state index in [0.717, 1.165) is 11.1 Å². The molecule has 6 rings (SSSR count). The minimum atomic E-state index is -1.93. The third-order valence-corrected chi connectivity index (χ3v) is 14.3. The fourth-order valence-corrected chi connectivity index (χ4v) is 10.3. The van der Waals surface area contributed by atoms with Crippen molar-refractivity contribution in [2.24, 2.45) is 17.6 Å². The molecule has 350 valence electrons. The van der Waals surface area contributed by atoms with Crippen molar-refractivity contribution in [1.82, 2.24) is 15.5 Å². The van der Waals surface area contributed by atoms with Gasteiger partial charge in [-0.25, -0.2) is 9.59 Å². The number of carbonyl (C=O) groups is 7. The van der Waals surface area contributed by atoms with Crippen molar-refractivity contribution in [3.05, 3.63) is 46.5 Å². The number of amides is 6. The molecule has 4 bridgehead atoms. The summed E-state index contributed by atoms with van der Waals surface area (Å²) in [4.78, 5) is 94.1. The van der Waals surface area contributed by atoms with E-state index in [-0.39, 0.29) is 59.6 Å². The average Bonchev–Trinajstić information content (AvgIpc) is 3.88. The maximum absolute atomic E-state index is 14.2. The number of halogens is 1. The number of carbonyl (C=O) groups excluding carboxylic acids is 7. The second-order valence-electron chi connectivity index (χ2n) is 17.4. The Kier molecular flexibility index (Phi) is 15.4. The van der Waals surface area contributed by atoms with Gasteiger partial charge in [0.2, 0.25) is 29.5 Å². The summed E-state index contributed by atoms with van der Waals surface area (Å²) in [5, 5.41) is 16.4. The first-order chi connectivity index (χ1) is 30.3. The molecule has 5 aliphatic rings. The lowest BCUT2D eigenvalue weighted by atomic mass is 9.81. The lowest BCUT2D eigenvalue weighted by Crippen LogP contribution is -2.63. The van der Waals surface area contributed by atoms with Crippen molar-refractivity contribution < 1.29 is 62.4 Å². The average molecular weight is 932 g/mol. The predicted molar refractivity (Wildman–Crippen MR) is 234 cm³/mol. The van der Waals surface area contributed by atoms with E-state index in [9.17, 15) is 38.7 Å². The molecule has 6 amide bonds. The Morgan fingerprint density at radius 3 is 2.50 bits per heavy atom. The zero-order valence-corrected chi connectivity index (χ0v) is 38.5. The van der Waals surface area contributed by atoms with E-state index in [1.54, 1.807) is 31.2 Å². The highest BCUT2D eigenvalue weighted by Gasteiger charge is 2.66. The van der Waals surface area contributed by atoms with Gasteiger partial charge in [0.25, 0.3) is 0 Å². The van der Waals surface area contributed by atoms with Crippen molar-refractivity contribution in [1.29, 1.82) is 0 Å². The number of epoxide rings is 1. The molecule has 0 spiro atoms. The number of allylic oxidation sites excluding steroid dienone is 3. The van der Waals surface area contributed by atoms with Crippen LogP contribution in [0, 0.1) is 11.8 Å². The van der Waals surface area contributed by atoms with Gasteiger partial charge < -0.3 is 44.7 Å². The summed E-state index contributed by atoms with van der Waals surface area (Å²) in [6.07, 6.45) is 2.27. The van der Waals surface area contributed by atoms with Crippen LogP contribution >= 0.6 is 23.4 Å². The number of nitrogens with two attached hydrogens (primary N) is 1. The van der Waals surface area contributed by atoms with Crippen molar-refractivity contribution in [3.63, 3.8) is 0 Å². The number of fused-ring (bicyclic) bond motifs is 6. The molecule has 20 heteroatoms. The predicted octanol–water partition coefficient (Wildman–Crippen LogP) is 3.08. The first-order valence-corrected chi connectivity index (χ1v) is 22.8. The minimum absolute atomic E-state index is 0.0175. The number of imide groups is 1. The van der Waals surface area contributed by atoms with Crippen LogP contribution in [0.2, 0.25) is 5.02 Å². The standard InChI is InChI=1S/C44H58ClN5O13S/c1-23-8-7-9-32(60-6)44(58)21-30(61-42(57)48-44)38-43(3,63-38)33(20-35(52)49(4)28-17-26(16-23)18-29(59-5)37(28)45)62-41(56)24(2)47-34(51)14-15-64-31-19-36(53)50(40(31)55)22-25-10-12-27(13-11-25)39(46)54/h7-9,17-18,24-25,27,30-33,38,58H,10-16,19-22H2,1-6H3,(H2,46,54)(H,47,51)(H,48,57)/b9-7+,23-8+/t24-,25?,27?,30?,31?,32?,33?,38?,43?,44?/m1/s1. The highest BCUT2D eigenvalue weighted by atomic mass is 35.5. The Labute approximate surface area is 381 Å². The number of methoxy groups -OCH3 is 2. The molecule has 18 nitrogen and oxygen atoms in total. The maximum atomic E-state index is 14.2. The number of nitrogens with one attached hydrogen (secondary N) is 2. The maximum Gasteiger partial charge on any atom is 0.409 e. The summed E-state index contributed by atoms with van der Waals surface area (Å²) in [7, 11) is 4.37. The Bertz CT molecular complexity index is 2080. The monoisotopic (exact) mass is 931 g/mol. The second kappa shape index (κ2) is 20.2. The molecule has 0 radical (unpaired) electrons. The molecule has 4 aliphatic heterocycles. The van der Waals surface area contributed by atoms with E-state index in [2.05, 4.69) is 10.6 Å². The summed E-state index contributed by atoms with van der Waals surface area (Å²) in [6.45, 7) is 5.20. The van der Waals surface area contributed by atoms with Crippen LogP contribution in [-0.4, -0.2) is 132 Å². The molecule has 7 unspecified atom stereocenters. The SMILES string of the molecule is COc1cc2cc(c1Cl)N(C)C(=O)CC(OC(=O)[C@@H](C)NC(=O)CCSC1CC(=O)N(CC3CCC(C(N)=O)CC3)C1=O)C1(C)OC1C1CC(O)(NC(=O)O1)C(OC)/C=C/C=C(\C)C2. The zero-order valence-electron chi connectivity index (χ0n) is 36.9. The molecule has 0 aromatic heterocycles. The van der Waals surface area contributed by atoms with Crippen LogP contribution in [0.4, 0.5) is 10.5 Å². The van der Waals surface area contributed by atoms with Crippen molar-refractivity contribution in [2.45, 2.75) is 126 Å². The Balaban J connectivity index is 1.13. The van der Waals surface area contributed by atoms with Gasteiger partial charge in [-0.2, -0.15) is 0 Å². The molecule has 1 aliphatic carbocycles. The number of nitrogens with zero attached hydrogens (tertiary/aromatic N) is 2. The van der Waals surface area contributed by atoms with E-state index in [0.29, 0.717) is 50.1 Å². The number of ether oxygens (including phenoxy) is 5. The largest absolute Gasteiger partial charge is 0.495 e. The molecular weight excluding hydrogens is 874 g/mol. The van der Waals surface area contributed by atoms with Crippen LogP contribution in [0.1, 0.15) is 77.7 Å². The number of hydrogen-bond donors (Lipinski definition) is 4. The van der Waals surface area contributed by atoms with Crippen LogP contribution in [0.5, 0.6) is 5.75 Å². The minimum Gasteiger partial charge on any atom is -0.495 e. The summed E-state index contributed by atoms with van der Waals surface area (Å²) < 4.78 is 28.9. The fraction of sp³-hybridized carbons (Fsp3) is 0.614. The highest BCUT2D eigenvalue weighted by molar-refractivity contribution is 8.00. The lowest BCUT2D eigenvalue weighted by Gasteiger charge is -2.40. The fourth-order valence-electron chi connectivity index (χ4n) is 8.87. The van der Waals surface area contributed by atoms with Crippen molar-refractivity contribution >= 4 is 70.6 Å². The van der Waals surface area contributed by atoms with Gasteiger partial charge in [-0.1, -0.05) is 35.4 Å². The lowest BCUT2D eigenvalue weighted by molar-refractivity contribution is -0.157. The summed E-state index contributed by atoms with van der Waals surface area (Å²) in [5.41, 5.74) is 4.10. The van der Waals surface area contributed by atoms with Gasteiger partial charge in [-0.15, -0.1) is 11.8 Å². The van der Waals surface area contributed by atoms with Gasteiger partial charge >= 0.3 is 12.1 Å². The van der Waals surface area contributed by atoms with E-state index >= 15 is 0 Å². The van der Waals surface area contributed by atoms with E-state index in [1.807, 2.05) is 13.0 Å². The molecular formula is C44H58ClN5O13S. The third kappa shape index (κ3) is 11.0. The number of esters is 1. The van der Waals surface area contributed by atoms with Crippen LogP contribution in [0.25, 0.3) is 0 Å². The Morgan fingerprint density at radius 1 is 1.11 bits per heavy atom. The smallest absolute Gasteiger partial charge is 0.409 e. The van der Waals surface area contributed by atoms with Crippen molar-refractivity contribution in [2.75, 3.05) is 38.5 Å². The number of primary amides is 1. The van der Waals surface area contributed by atoms with Gasteiger partial charge in [-0.05, 0) is 76.5 Å². The van der Waals surface area contributed by atoms with Crippen molar-refractivity contribution in [3.8, 4) is 5.75 Å². The summed E-state index contributed by atoms with van der Waals surface area (Å²) >= 11 is 7.94. The molecule has 4 fully saturated rings. The first kappa shape index (κ1) is 48.8. The Hall–Kier alpha value is -4.69. The van der Waals surface area contributed by atoms with Gasteiger partial charge in [0, 0.05) is 51.6 Å². The first-order valence-electron chi connectivity index (χ1n) is 21.4. The molecule has 4 heterocycles. The summed E-state index contributed by atoms with van der Waals surface area (Å²) in [6, 6.07) is 2.32. The molecule has 5 N–H and O–H groups in total. The Morgan fingerprint density at radius 2 is 1.83 bits per heavy atom. The van der Waals surface area contributed by atoms with Gasteiger partial charge in [0.15, 0.2) is 5.72 Å². The normalized spacial score (nSPS) is 32.7. The van der Waals surface area contributed by atoms with E-state index in [1.165, 1.54) is 49.8 Å². The second-order valence-corrected chi connectivity index (χ2v) is 19.1. The topological polar surface area (TPSA) is 246 Å². The van der Waals surface area contributed by atoms with E-state index < -0.39 is 77.3 Å². The van der Waals surface area contributed by atoms with Crippen LogP contribution in [0.3, 0.4) is 0 Å². The molecule has 64 heavy (non-hydrogen) atoms. The number of benzene rings is 1. The molecule has 1 aromatic carbocycles. The number of aliphatic hydroxyl groups is 1. The number of likely N-dealkylation sites (tertiary alicyclic amines) is 1. The summed E-state index contributed by atoms with van der Waals surface area (Å²) in [5.74, 6) is -2.39. The van der Waals surface area contributed by atoms with Crippen LogP contribution in [0.15, 0.2) is 35.9 Å². The van der Waals surface area contributed by atoms with Crippen LogP contribution in [-0.2, 0) is 54.1 Å². The number of anilines is 1. The third-order valence-electron chi connectivity index (χ3n) is 12.8. The zero-order chi connectivity index (χ0) is 46.7. The number of thioether (sulfide) groups is 1. The highest BCUT2D eigenvalue weighted by Crippen LogP contribution is 2.48. The quantitative estimate of drug-likeness (QED) is 0.134. The van der Waals surface area contributed by atoms with Gasteiger partial charge in [0.05, 0.1) is 24.5 Å². The number of alkyl carbamates (subject to hydrolysis) is 1. The van der Waals surface area contributed by atoms with Gasteiger partial charge in [0.1, 0.15) is 46.8 Å². The molecule has 8 atom stereocenters. The van der Waals surface area contributed by atoms with Crippen LogP contribution < -0.4 is 26.0 Å². The molecule has 1 saturated carbocycles. The molecule has 1 aromatic rings. The molecule has 3 saturated heterocycles. The van der Waals surface area contributed by atoms with Gasteiger partial charge in [-0.3, -0.25) is 34.2 Å². The van der Waals surface area contributed by atoms with E-state index in [4.69, 9.17) is 41.0 Å². The number of hydrogen-bond acceptors (Lipinski definition) is 14. The number of rotatable bonds is 12.